The number of hydrogen-bond acceptors (Lipinski definition) is 1. The molecule has 0 bridgehead atoms. The second-order valence-corrected chi connectivity index (χ2v) is 30.5. The summed E-state index contributed by atoms with van der Waals surface area (Å²) in [6.07, 6.45) is 0. The third-order valence-corrected chi connectivity index (χ3v) is 18.0. The summed E-state index contributed by atoms with van der Waals surface area (Å²) in [5.41, 5.74) is 22.3. The van der Waals surface area contributed by atoms with Gasteiger partial charge in [0.2, 0.25) is 0 Å². The van der Waals surface area contributed by atoms with Crippen molar-refractivity contribution in [2.75, 3.05) is 4.90 Å². The van der Waals surface area contributed by atoms with E-state index in [4.69, 9.17) is 0 Å². The summed E-state index contributed by atoms with van der Waals surface area (Å²) < 4.78 is 2.54. The van der Waals surface area contributed by atoms with Crippen molar-refractivity contribution in [1.29, 1.82) is 0 Å². The summed E-state index contributed by atoms with van der Waals surface area (Å²) >= 11 is 0. The van der Waals surface area contributed by atoms with Crippen LogP contribution in [0.25, 0.3) is 93.2 Å². The fourth-order valence-electron chi connectivity index (χ4n) is 12.7. The molecule has 0 N–H and O–H groups in total. The number of anilines is 3. The average molecular weight is 1100 g/mol. The Labute approximate surface area is 501 Å². The quantitative estimate of drug-likeness (QED) is 0.144. The molecule has 0 aliphatic rings. The molecule has 2 heteroatoms. The van der Waals surface area contributed by atoms with E-state index in [-0.39, 0.29) is 32.5 Å². The van der Waals surface area contributed by atoms with Crippen molar-refractivity contribution in [2.45, 2.75) is 157 Å². The monoisotopic (exact) mass is 1100 g/mol. The van der Waals surface area contributed by atoms with E-state index in [9.17, 15) is 0 Å². The Balaban J connectivity index is 1.09. The Kier molecular flexibility index (Phi) is 13.4. The summed E-state index contributed by atoms with van der Waals surface area (Å²) in [5.74, 6) is 0. The van der Waals surface area contributed by atoms with Gasteiger partial charge in [0.15, 0.2) is 0 Å². The zero-order chi connectivity index (χ0) is 59.8. The lowest BCUT2D eigenvalue weighted by Crippen LogP contribution is -2.16. The second-order valence-electron chi connectivity index (χ2n) is 30.5. The topological polar surface area (TPSA) is 8.17 Å². The number of rotatable bonds is 7. The highest BCUT2D eigenvalue weighted by molar-refractivity contribution is 6.27. The lowest BCUT2D eigenvalue weighted by Gasteiger charge is -2.30. The van der Waals surface area contributed by atoms with E-state index >= 15 is 0 Å². The molecular formula is C82H86N2. The normalized spacial score (nSPS) is 13.1. The van der Waals surface area contributed by atoms with Gasteiger partial charge in [0.25, 0.3) is 0 Å². The van der Waals surface area contributed by atoms with Crippen molar-refractivity contribution >= 4 is 71.2 Å². The predicted molar refractivity (Wildman–Crippen MR) is 368 cm³/mol. The first-order chi connectivity index (χ1) is 39.4. The summed E-state index contributed by atoms with van der Waals surface area (Å²) in [6.45, 7) is 41.9. The Hall–Kier alpha value is -7.94. The van der Waals surface area contributed by atoms with E-state index in [1.54, 1.807) is 0 Å². The number of aromatic nitrogens is 1. The largest absolute Gasteiger partial charge is 0.309 e. The van der Waals surface area contributed by atoms with Crippen LogP contribution in [0, 0.1) is 0 Å². The average Bonchev–Trinajstić information content (AvgIpc) is 1.32. The molecule has 0 aliphatic carbocycles. The zero-order valence-corrected chi connectivity index (χ0v) is 53.4. The molecule has 84 heavy (non-hydrogen) atoms. The van der Waals surface area contributed by atoms with Crippen LogP contribution in [0.2, 0.25) is 0 Å². The molecule has 0 atom stereocenters. The van der Waals surface area contributed by atoms with Gasteiger partial charge in [-0.25, -0.2) is 0 Å². The van der Waals surface area contributed by atoms with Gasteiger partial charge >= 0.3 is 0 Å². The first kappa shape index (κ1) is 56.5. The molecule has 0 spiro atoms. The maximum absolute atomic E-state index is 2.54. The van der Waals surface area contributed by atoms with Gasteiger partial charge in [-0.2, -0.15) is 0 Å². The fraction of sp³-hybridized carbons (Fsp3) is 0.293. The van der Waals surface area contributed by atoms with Crippen LogP contribution in [0.15, 0.2) is 194 Å². The molecule has 12 aromatic rings. The van der Waals surface area contributed by atoms with Crippen molar-refractivity contribution in [1.82, 2.24) is 4.57 Å². The molecule has 0 saturated carbocycles. The summed E-state index contributed by atoms with van der Waals surface area (Å²) in [6, 6.07) is 75.5. The molecule has 1 aromatic heterocycles. The minimum atomic E-state index is -0.0829. The second kappa shape index (κ2) is 19.8. The number of hydrogen-bond donors (Lipinski definition) is 0. The molecule has 0 saturated heterocycles. The van der Waals surface area contributed by atoms with Crippen LogP contribution in [0.4, 0.5) is 17.1 Å². The molecule has 11 aromatic carbocycles. The van der Waals surface area contributed by atoms with Gasteiger partial charge in [-0.1, -0.05) is 252 Å². The Morgan fingerprint density at radius 1 is 0.274 bits per heavy atom. The van der Waals surface area contributed by atoms with E-state index in [0.29, 0.717) is 0 Å². The van der Waals surface area contributed by atoms with Crippen LogP contribution < -0.4 is 4.90 Å². The van der Waals surface area contributed by atoms with E-state index in [2.05, 4.69) is 328 Å². The third kappa shape index (κ3) is 10.2. The Bertz CT molecular complexity index is 4400. The molecule has 0 aliphatic heterocycles. The third-order valence-electron chi connectivity index (χ3n) is 18.0. The van der Waals surface area contributed by atoms with Gasteiger partial charge in [0.05, 0.1) is 28.1 Å². The molecule has 424 valence electrons. The van der Waals surface area contributed by atoms with Gasteiger partial charge in [0, 0.05) is 32.8 Å². The van der Waals surface area contributed by atoms with Crippen LogP contribution in [-0.2, 0) is 32.5 Å². The summed E-state index contributed by atoms with van der Waals surface area (Å²) in [5, 5.41) is 10.1. The van der Waals surface area contributed by atoms with E-state index in [0.717, 1.165) is 17.1 Å². The highest BCUT2D eigenvalue weighted by Crippen LogP contribution is 2.50. The molecule has 0 unspecified atom stereocenters. The summed E-state index contributed by atoms with van der Waals surface area (Å²) in [4.78, 5) is 2.53. The van der Waals surface area contributed by atoms with E-state index in [1.807, 2.05) is 0 Å². The molecular weight excluding hydrogens is 1010 g/mol. The van der Waals surface area contributed by atoms with Crippen LogP contribution in [-0.4, -0.2) is 4.57 Å². The summed E-state index contributed by atoms with van der Waals surface area (Å²) in [7, 11) is 0. The first-order valence-corrected chi connectivity index (χ1v) is 30.6. The van der Waals surface area contributed by atoms with Crippen molar-refractivity contribution in [3.63, 3.8) is 0 Å². The van der Waals surface area contributed by atoms with Gasteiger partial charge in [0.1, 0.15) is 0 Å². The minimum Gasteiger partial charge on any atom is -0.309 e. The predicted octanol–water partition coefficient (Wildman–Crippen LogP) is 23.9. The number of nitrogens with zero attached hydrogens (tertiary/aromatic N) is 2. The highest BCUT2D eigenvalue weighted by Gasteiger charge is 2.28. The lowest BCUT2D eigenvalue weighted by atomic mass is 9.78. The standard InChI is InChI=1S/C82H86N2/c1-77(2,3)58-31-24-51(25-32-58)67-47-54(55-42-56(44-61(43-55)80(10,11)12)57-45-62(81(13,14)15)48-63(46-57)82(16,17)18)30-39-72(67)83(64-22-20-19-21-23-64)70-37-28-52-27-36-66-71(38-29-53-26-35-65(70)75(52)76(53)66)84-73-40-33-59(78(4,5)6)49-68(73)69-50-60(79(7,8)9)34-41-74(69)84/h19-50H,1-18H3. The van der Waals surface area contributed by atoms with Gasteiger partial charge in [-0.15, -0.1) is 0 Å². The molecule has 12 rings (SSSR count). The zero-order valence-electron chi connectivity index (χ0n) is 53.4. The van der Waals surface area contributed by atoms with Crippen molar-refractivity contribution in [3.05, 3.63) is 228 Å². The number of benzene rings is 11. The maximum atomic E-state index is 2.54. The molecule has 0 amide bonds. The van der Waals surface area contributed by atoms with E-state index in [1.165, 1.54) is 127 Å². The van der Waals surface area contributed by atoms with Gasteiger partial charge in [-0.05, 0) is 182 Å². The molecule has 0 radical (unpaired) electrons. The molecule has 2 nitrogen and oxygen atoms in total. The van der Waals surface area contributed by atoms with E-state index < -0.39 is 0 Å². The number of para-hydroxylation sites is 1. The lowest BCUT2D eigenvalue weighted by molar-refractivity contribution is 0.569. The first-order valence-electron chi connectivity index (χ1n) is 30.6. The van der Waals surface area contributed by atoms with Crippen molar-refractivity contribution < 1.29 is 0 Å². The van der Waals surface area contributed by atoms with Crippen LogP contribution >= 0.6 is 0 Å². The minimum absolute atomic E-state index is 0.00249. The smallest absolute Gasteiger partial charge is 0.0541 e. The SMILES string of the molecule is CC(C)(C)c1ccc(-c2cc(-c3cc(-c4cc(C(C)(C)C)cc(C(C)(C)C)c4)cc(C(C)(C)C)c3)ccc2N(c2ccccc2)c2ccc3ccc4c(-n5c6ccc(C(C)(C)C)cc6c6cc(C(C)(C)C)ccc65)ccc5ccc2c3c54)cc1. The van der Waals surface area contributed by atoms with Crippen molar-refractivity contribution in [3.8, 4) is 39.1 Å². The molecule has 0 fully saturated rings. The fourth-order valence-corrected chi connectivity index (χ4v) is 12.7. The molecule has 1 heterocycles. The maximum Gasteiger partial charge on any atom is 0.0541 e. The van der Waals surface area contributed by atoms with Crippen molar-refractivity contribution in [2.24, 2.45) is 0 Å². The Morgan fingerprint density at radius 3 is 1.21 bits per heavy atom. The van der Waals surface area contributed by atoms with Crippen LogP contribution in [0.3, 0.4) is 0 Å². The van der Waals surface area contributed by atoms with Gasteiger partial charge < -0.3 is 9.47 Å². The van der Waals surface area contributed by atoms with Gasteiger partial charge in [-0.3, -0.25) is 0 Å². The number of fused-ring (bicyclic) bond motifs is 3. The highest BCUT2D eigenvalue weighted by atomic mass is 15.1. The van der Waals surface area contributed by atoms with Crippen LogP contribution in [0.1, 0.15) is 158 Å². The van der Waals surface area contributed by atoms with Crippen LogP contribution in [0.5, 0.6) is 0 Å². The Morgan fingerprint density at radius 2 is 0.690 bits per heavy atom.